The van der Waals surface area contributed by atoms with Gasteiger partial charge in [0.1, 0.15) is 0 Å². The third-order valence-corrected chi connectivity index (χ3v) is 20.7. The van der Waals surface area contributed by atoms with E-state index in [1.54, 1.807) is 0 Å². The van der Waals surface area contributed by atoms with Crippen molar-refractivity contribution in [1.29, 1.82) is 0 Å². The first-order valence-corrected chi connectivity index (χ1v) is 15.9. The van der Waals surface area contributed by atoms with E-state index in [0.717, 1.165) is 2.60 Å². The fourth-order valence-corrected chi connectivity index (χ4v) is 15.1. The SMILES string of the molecule is CS[CH](SC)[Sn]([CH3])([CH3])[CH3]. The van der Waals surface area contributed by atoms with Crippen molar-refractivity contribution in [2.24, 2.45) is 0 Å². The molecule has 0 aromatic rings. The molecule has 0 radical (unpaired) electrons. The molecule has 0 bridgehead atoms. The molecule has 0 nitrogen and oxygen atoms in total. The monoisotopic (exact) mass is 272 g/mol. The number of hydrogen-bond donors (Lipinski definition) is 0. The van der Waals surface area contributed by atoms with Gasteiger partial charge in [-0.05, 0) is 0 Å². The van der Waals surface area contributed by atoms with Crippen molar-refractivity contribution in [1.82, 2.24) is 0 Å². The Morgan fingerprint density at radius 1 is 1.00 bits per heavy atom. The van der Waals surface area contributed by atoms with Crippen LogP contribution in [-0.2, 0) is 0 Å². The first-order valence-electron chi connectivity index (χ1n) is 3.08. The zero-order chi connectivity index (χ0) is 7.49. The summed E-state index contributed by atoms with van der Waals surface area (Å²) in [7, 11) is 0. The molecule has 3 heteroatoms. The van der Waals surface area contributed by atoms with Gasteiger partial charge in [-0.3, -0.25) is 0 Å². The molecule has 0 N–H and O–H groups in total. The van der Waals surface area contributed by atoms with Gasteiger partial charge in [-0.2, -0.15) is 0 Å². The summed E-state index contributed by atoms with van der Waals surface area (Å²) < 4.78 is 0.944. The maximum absolute atomic E-state index is 2.49. The van der Waals surface area contributed by atoms with Crippen LogP contribution < -0.4 is 0 Å². The zero-order valence-corrected chi connectivity index (χ0v) is 11.4. The van der Waals surface area contributed by atoms with E-state index in [4.69, 9.17) is 0 Å². The van der Waals surface area contributed by atoms with Crippen LogP contribution in [0, 0.1) is 0 Å². The predicted octanol–water partition coefficient (Wildman–Crippen LogP) is 2.92. The quantitative estimate of drug-likeness (QED) is 0.571. The van der Waals surface area contributed by atoms with Crippen LogP contribution >= 0.6 is 23.5 Å². The van der Waals surface area contributed by atoms with Gasteiger partial charge in [0, 0.05) is 0 Å². The topological polar surface area (TPSA) is 0 Å². The van der Waals surface area contributed by atoms with Crippen LogP contribution in [0.3, 0.4) is 0 Å². The fourth-order valence-electron chi connectivity index (χ4n) is 0.803. The number of hydrogen-bond acceptors (Lipinski definition) is 2. The molecule has 0 spiro atoms. The average Bonchev–Trinajstić information content (AvgIpc) is 1.65. The molecular weight excluding hydrogens is 255 g/mol. The number of thioether (sulfide) groups is 2. The Morgan fingerprint density at radius 3 is 1.33 bits per heavy atom. The summed E-state index contributed by atoms with van der Waals surface area (Å²) in [5, 5.41) is 0. The summed E-state index contributed by atoms with van der Waals surface area (Å²) in [4.78, 5) is 7.48. The van der Waals surface area contributed by atoms with Gasteiger partial charge in [-0.15, -0.1) is 0 Å². The first kappa shape index (κ1) is 10.5. The molecule has 0 amide bonds. The molecule has 9 heavy (non-hydrogen) atoms. The van der Waals surface area contributed by atoms with Crippen LogP contribution in [0.15, 0.2) is 0 Å². The van der Waals surface area contributed by atoms with Gasteiger partial charge in [0.15, 0.2) is 0 Å². The Balaban J connectivity index is 3.79. The molecule has 0 saturated heterocycles. The zero-order valence-electron chi connectivity index (χ0n) is 6.89. The van der Waals surface area contributed by atoms with E-state index in [9.17, 15) is 0 Å². The molecule has 0 aliphatic rings. The maximum atomic E-state index is 2.49. The third-order valence-electron chi connectivity index (χ3n) is 1.14. The van der Waals surface area contributed by atoms with Crippen LogP contribution in [-0.4, -0.2) is 33.5 Å². The molecule has 0 rings (SSSR count). The van der Waals surface area contributed by atoms with E-state index < -0.39 is 18.4 Å². The molecule has 0 aliphatic carbocycles. The normalized spacial score (nSPS) is 12.7. The van der Waals surface area contributed by atoms with Gasteiger partial charge in [0.25, 0.3) is 0 Å². The van der Waals surface area contributed by atoms with Gasteiger partial charge >= 0.3 is 71.8 Å². The van der Waals surface area contributed by atoms with Crippen LogP contribution in [0.2, 0.25) is 14.8 Å². The van der Waals surface area contributed by atoms with Crippen LogP contribution in [0.5, 0.6) is 0 Å². The predicted molar refractivity (Wildman–Crippen MR) is 54.2 cm³/mol. The van der Waals surface area contributed by atoms with Gasteiger partial charge in [-0.1, -0.05) is 0 Å². The molecule has 56 valence electrons. The van der Waals surface area contributed by atoms with Crippen molar-refractivity contribution in [3.63, 3.8) is 0 Å². The van der Waals surface area contributed by atoms with E-state index in [2.05, 4.69) is 27.3 Å². The Morgan fingerprint density at radius 2 is 1.33 bits per heavy atom. The van der Waals surface area contributed by atoms with Gasteiger partial charge in [0.2, 0.25) is 0 Å². The van der Waals surface area contributed by atoms with Crippen molar-refractivity contribution in [3.05, 3.63) is 0 Å². The van der Waals surface area contributed by atoms with E-state index >= 15 is 0 Å². The molecule has 0 fully saturated rings. The second-order valence-electron chi connectivity index (χ2n) is 3.17. The minimum atomic E-state index is -1.53. The summed E-state index contributed by atoms with van der Waals surface area (Å²) >= 11 is 2.54. The molecule has 0 heterocycles. The van der Waals surface area contributed by atoms with E-state index in [1.165, 1.54) is 0 Å². The standard InChI is InChI=1S/C3H7S2.3CH3.Sn/c1-4-3-5-2;;;;/h3H,1-2H3;3*1H3;. The van der Waals surface area contributed by atoms with Crippen molar-refractivity contribution in [2.45, 2.75) is 17.4 Å². The molecule has 0 atom stereocenters. The Hall–Kier alpha value is 1.50. The Kier molecular flexibility index (Phi) is 5.12. The van der Waals surface area contributed by atoms with Crippen molar-refractivity contribution in [2.75, 3.05) is 12.5 Å². The molecule has 0 aliphatic heterocycles. The van der Waals surface area contributed by atoms with E-state index in [0.29, 0.717) is 0 Å². The van der Waals surface area contributed by atoms with Crippen molar-refractivity contribution >= 4 is 41.9 Å². The van der Waals surface area contributed by atoms with Gasteiger partial charge < -0.3 is 0 Å². The Labute approximate surface area is 71.4 Å². The first-order chi connectivity index (χ1) is 4.02. The van der Waals surface area contributed by atoms with Gasteiger partial charge in [-0.25, -0.2) is 0 Å². The van der Waals surface area contributed by atoms with Crippen LogP contribution in [0.1, 0.15) is 0 Å². The molecular formula is C6H16S2Sn. The van der Waals surface area contributed by atoms with Crippen molar-refractivity contribution in [3.8, 4) is 0 Å². The Bertz CT molecular complexity index is 73.6. The molecule has 0 saturated carbocycles. The summed E-state index contributed by atoms with van der Waals surface area (Å²) in [6, 6.07) is 0. The van der Waals surface area contributed by atoms with Gasteiger partial charge in [0.05, 0.1) is 0 Å². The summed E-state index contributed by atoms with van der Waals surface area (Å²) in [6.45, 7) is 0. The summed E-state index contributed by atoms with van der Waals surface area (Å²) in [6.07, 6.45) is 4.45. The average molecular weight is 271 g/mol. The van der Waals surface area contributed by atoms with E-state index in [-0.39, 0.29) is 0 Å². The third kappa shape index (κ3) is 4.04. The van der Waals surface area contributed by atoms with Crippen molar-refractivity contribution < 1.29 is 0 Å². The summed E-state index contributed by atoms with van der Waals surface area (Å²) in [5.74, 6) is 0. The second kappa shape index (κ2) is 4.39. The minimum absolute atomic E-state index is 0.944. The van der Waals surface area contributed by atoms with Crippen LogP contribution in [0.4, 0.5) is 0 Å². The fraction of sp³-hybridized carbons (Fsp3) is 1.00. The van der Waals surface area contributed by atoms with Crippen LogP contribution in [0.25, 0.3) is 0 Å². The number of rotatable bonds is 3. The summed E-state index contributed by atoms with van der Waals surface area (Å²) in [5.41, 5.74) is 0. The second-order valence-corrected chi connectivity index (χ2v) is 22.9. The van der Waals surface area contributed by atoms with E-state index in [1.807, 2.05) is 23.5 Å². The molecule has 0 aromatic carbocycles. The molecule has 0 aromatic heterocycles. The molecule has 0 unspecified atom stereocenters.